The summed E-state index contributed by atoms with van der Waals surface area (Å²) in [6.07, 6.45) is 0. The van der Waals surface area contributed by atoms with Crippen LogP contribution in [0.25, 0.3) is 10.1 Å². The molecule has 0 fully saturated rings. The van der Waals surface area contributed by atoms with Gasteiger partial charge in [0.05, 0.1) is 9.80 Å². The quantitative estimate of drug-likeness (QED) is 0.628. The molecule has 1 amide bonds. The van der Waals surface area contributed by atoms with Crippen molar-refractivity contribution < 1.29 is 9.72 Å². The highest BCUT2D eigenvalue weighted by molar-refractivity contribution is 7.20. The third-order valence-electron chi connectivity index (χ3n) is 3.54. The van der Waals surface area contributed by atoms with Crippen LogP contribution in [0.5, 0.6) is 0 Å². The first-order valence-corrected chi connectivity index (χ1v) is 8.05. The lowest BCUT2D eigenvalue weighted by Crippen LogP contribution is -2.34. The van der Waals surface area contributed by atoms with E-state index < -0.39 is 4.92 Å². The maximum absolute atomic E-state index is 12.1. The number of nitro benzene ring substituents is 1. The first kappa shape index (κ1) is 16.4. The summed E-state index contributed by atoms with van der Waals surface area (Å²) >= 11 is 1.35. The van der Waals surface area contributed by atoms with Crippen molar-refractivity contribution >= 4 is 33.0 Å². The topological polar surface area (TPSA) is 75.5 Å². The van der Waals surface area contributed by atoms with Gasteiger partial charge in [-0.1, -0.05) is 13.8 Å². The van der Waals surface area contributed by atoms with E-state index in [2.05, 4.69) is 24.1 Å². The van der Waals surface area contributed by atoms with E-state index in [4.69, 9.17) is 0 Å². The van der Waals surface area contributed by atoms with Crippen LogP contribution in [-0.2, 0) is 0 Å². The Morgan fingerprint density at radius 2 is 2.05 bits per heavy atom. The highest BCUT2D eigenvalue weighted by Crippen LogP contribution is 2.28. The second-order valence-electron chi connectivity index (χ2n) is 4.87. The van der Waals surface area contributed by atoms with E-state index in [1.165, 1.54) is 23.5 Å². The Morgan fingerprint density at radius 3 is 2.68 bits per heavy atom. The molecule has 7 heteroatoms. The average Bonchev–Trinajstić information content (AvgIpc) is 2.94. The third-order valence-corrected chi connectivity index (χ3v) is 4.66. The Balaban J connectivity index is 2.04. The van der Waals surface area contributed by atoms with Gasteiger partial charge in [0, 0.05) is 35.3 Å². The van der Waals surface area contributed by atoms with E-state index in [0.29, 0.717) is 11.4 Å². The van der Waals surface area contributed by atoms with E-state index in [1.807, 2.05) is 0 Å². The molecular weight excluding hydrogens is 302 g/mol. The Bertz CT molecular complexity index is 680. The number of nitrogens with zero attached hydrogens (tertiary/aromatic N) is 2. The van der Waals surface area contributed by atoms with Gasteiger partial charge in [-0.05, 0) is 25.2 Å². The van der Waals surface area contributed by atoms with E-state index in [1.54, 1.807) is 12.1 Å². The van der Waals surface area contributed by atoms with E-state index in [0.717, 1.165) is 29.7 Å². The molecule has 0 saturated heterocycles. The molecule has 1 aromatic heterocycles. The monoisotopic (exact) mass is 321 g/mol. The van der Waals surface area contributed by atoms with Crippen molar-refractivity contribution in [3.05, 3.63) is 39.3 Å². The van der Waals surface area contributed by atoms with Crippen molar-refractivity contribution in [2.45, 2.75) is 13.8 Å². The molecule has 0 aliphatic rings. The summed E-state index contributed by atoms with van der Waals surface area (Å²) in [6.45, 7) is 7.50. The zero-order chi connectivity index (χ0) is 16.1. The van der Waals surface area contributed by atoms with E-state index >= 15 is 0 Å². The van der Waals surface area contributed by atoms with Crippen LogP contribution in [0.1, 0.15) is 23.5 Å². The molecular formula is C15H19N3O3S. The summed E-state index contributed by atoms with van der Waals surface area (Å²) in [5, 5.41) is 14.4. The van der Waals surface area contributed by atoms with Gasteiger partial charge in [-0.3, -0.25) is 14.9 Å². The summed E-state index contributed by atoms with van der Waals surface area (Å²) in [5.74, 6) is -0.129. The maximum Gasteiger partial charge on any atom is 0.270 e. The first-order valence-electron chi connectivity index (χ1n) is 7.23. The average molecular weight is 321 g/mol. The lowest BCUT2D eigenvalue weighted by Gasteiger charge is -2.17. The summed E-state index contributed by atoms with van der Waals surface area (Å²) in [6, 6.07) is 6.35. The number of carbonyl (C=O) groups excluding carboxylic acids is 1. The minimum atomic E-state index is -0.430. The number of likely N-dealkylation sites (N-methyl/N-ethyl adjacent to an activating group) is 1. The van der Waals surface area contributed by atoms with E-state index in [9.17, 15) is 14.9 Å². The van der Waals surface area contributed by atoms with Crippen molar-refractivity contribution in [1.82, 2.24) is 10.2 Å². The first-order chi connectivity index (χ1) is 10.5. The van der Waals surface area contributed by atoms with Gasteiger partial charge in [0.25, 0.3) is 11.6 Å². The lowest BCUT2D eigenvalue weighted by molar-refractivity contribution is -0.384. The number of amides is 1. The smallest absolute Gasteiger partial charge is 0.270 e. The largest absolute Gasteiger partial charge is 0.350 e. The van der Waals surface area contributed by atoms with Crippen LogP contribution in [0.15, 0.2) is 24.3 Å². The normalized spacial score (nSPS) is 11.0. The fraction of sp³-hybridized carbons (Fsp3) is 0.400. The number of fused-ring (bicyclic) bond motifs is 1. The number of thiophene rings is 1. The second kappa shape index (κ2) is 7.33. The van der Waals surface area contributed by atoms with Crippen LogP contribution in [0, 0.1) is 10.1 Å². The molecule has 118 valence electrons. The predicted octanol–water partition coefficient (Wildman–Crippen LogP) is 2.88. The summed E-state index contributed by atoms with van der Waals surface area (Å²) in [4.78, 5) is 25.3. The minimum Gasteiger partial charge on any atom is -0.350 e. The fourth-order valence-corrected chi connectivity index (χ4v) is 3.17. The molecule has 0 unspecified atom stereocenters. The minimum absolute atomic E-state index is 0.0405. The maximum atomic E-state index is 12.1. The van der Waals surface area contributed by atoms with Gasteiger partial charge in [-0.25, -0.2) is 0 Å². The zero-order valence-corrected chi connectivity index (χ0v) is 13.5. The summed E-state index contributed by atoms with van der Waals surface area (Å²) in [7, 11) is 0. The molecule has 1 aromatic carbocycles. The van der Waals surface area contributed by atoms with Crippen LogP contribution in [0.4, 0.5) is 5.69 Å². The molecule has 22 heavy (non-hydrogen) atoms. The van der Waals surface area contributed by atoms with Crippen molar-refractivity contribution in [2.75, 3.05) is 26.2 Å². The van der Waals surface area contributed by atoms with Crippen LogP contribution >= 0.6 is 11.3 Å². The molecule has 0 bridgehead atoms. The predicted molar refractivity (Wildman–Crippen MR) is 88.6 cm³/mol. The number of non-ortho nitro benzene ring substituents is 1. The SMILES string of the molecule is CCN(CC)CCNC(=O)c1cc2cc([N+](=O)[O-])ccc2s1. The van der Waals surface area contributed by atoms with Gasteiger partial charge in [0.2, 0.25) is 0 Å². The van der Waals surface area contributed by atoms with Gasteiger partial charge in [0.1, 0.15) is 0 Å². The molecule has 0 spiro atoms. The number of hydrogen-bond donors (Lipinski definition) is 1. The standard InChI is InChI=1S/C15H19N3O3S/c1-3-17(4-2)8-7-16-15(19)14-10-11-9-12(18(20)21)5-6-13(11)22-14/h5-6,9-10H,3-4,7-8H2,1-2H3,(H,16,19). The lowest BCUT2D eigenvalue weighted by atomic mass is 10.2. The molecule has 1 heterocycles. The molecule has 2 aromatic rings. The van der Waals surface area contributed by atoms with Gasteiger partial charge in [0.15, 0.2) is 0 Å². The molecule has 0 aliphatic carbocycles. The van der Waals surface area contributed by atoms with Crippen molar-refractivity contribution in [2.24, 2.45) is 0 Å². The highest BCUT2D eigenvalue weighted by atomic mass is 32.1. The number of rotatable bonds is 7. The summed E-state index contributed by atoms with van der Waals surface area (Å²) in [5.41, 5.74) is 0.0405. The van der Waals surface area contributed by atoms with Crippen molar-refractivity contribution in [3.63, 3.8) is 0 Å². The van der Waals surface area contributed by atoms with Gasteiger partial charge < -0.3 is 10.2 Å². The van der Waals surface area contributed by atoms with Gasteiger partial charge in [-0.2, -0.15) is 0 Å². The Hall–Kier alpha value is -1.99. The van der Waals surface area contributed by atoms with E-state index in [-0.39, 0.29) is 11.6 Å². The molecule has 0 atom stereocenters. The summed E-state index contributed by atoms with van der Waals surface area (Å²) < 4.78 is 0.875. The van der Waals surface area contributed by atoms with Gasteiger partial charge in [-0.15, -0.1) is 11.3 Å². The van der Waals surface area contributed by atoms with Crippen LogP contribution < -0.4 is 5.32 Å². The number of hydrogen-bond acceptors (Lipinski definition) is 5. The molecule has 0 saturated carbocycles. The zero-order valence-electron chi connectivity index (χ0n) is 12.7. The molecule has 1 N–H and O–H groups in total. The fourth-order valence-electron chi connectivity index (χ4n) is 2.21. The highest BCUT2D eigenvalue weighted by Gasteiger charge is 2.13. The number of carbonyl (C=O) groups is 1. The van der Waals surface area contributed by atoms with Crippen LogP contribution in [0.2, 0.25) is 0 Å². The number of nitrogens with one attached hydrogen (secondary N) is 1. The number of nitro groups is 1. The Morgan fingerprint density at radius 1 is 1.32 bits per heavy atom. The Kier molecular flexibility index (Phi) is 5.46. The van der Waals surface area contributed by atoms with Gasteiger partial charge >= 0.3 is 0 Å². The van der Waals surface area contributed by atoms with Crippen molar-refractivity contribution in [1.29, 1.82) is 0 Å². The Labute approximate surface area is 132 Å². The van der Waals surface area contributed by atoms with Crippen molar-refractivity contribution in [3.8, 4) is 0 Å². The molecule has 0 aliphatic heterocycles. The number of benzene rings is 1. The third kappa shape index (κ3) is 3.80. The molecule has 6 nitrogen and oxygen atoms in total. The molecule has 0 radical (unpaired) electrons. The second-order valence-corrected chi connectivity index (χ2v) is 5.96. The van der Waals surface area contributed by atoms with Crippen LogP contribution in [0.3, 0.4) is 0 Å². The molecule has 2 rings (SSSR count). The van der Waals surface area contributed by atoms with Crippen LogP contribution in [-0.4, -0.2) is 41.9 Å².